The molecule has 3 heterocycles. The SMILES string of the molecule is CCCC(=O)OCOC(=O)C1=C(COC)CS[C@@H]2C(NC(=O)/C(=N\O)c3csc(N)n3)C(=O)N12. The van der Waals surface area contributed by atoms with Crippen molar-refractivity contribution in [1.29, 1.82) is 0 Å². The van der Waals surface area contributed by atoms with E-state index in [4.69, 9.17) is 19.9 Å². The van der Waals surface area contributed by atoms with Crippen LogP contribution in [0.5, 0.6) is 0 Å². The van der Waals surface area contributed by atoms with E-state index < -0.39 is 47.7 Å². The molecule has 1 fully saturated rings. The summed E-state index contributed by atoms with van der Waals surface area (Å²) in [6, 6.07) is -0.987. The molecule has 0 aromatic carbocycles. The number of nitrogens with zero attached hydrogens (tertiary/aromatic N) is 3. The second kappa shape index (κ2) is 11.3. The summed E-state index contributed by atoms with van der Waals surface area (Å²) in [5, 5.41) is 15.7. The van der Waals surface area contributed by atoms with E-state index in [9.17, 15) is 24.4 Å². The maximum absolute atomic E-state index is 12.9. The lowest BCUT2D eigenvalue weighted by molar-refractivity contribution is -0.168. The maximum Gasteiger partial charge on any atom is 0.358 e. The molecule has 34 heavy (non-hydrogen) atoms. The smallest absolute Gasteiger partial charge is 0.358 e. The van der Waals surface area contributed by atoms with Gasteiger partial charge in [0, 0.05) is 24.7 Å². The highest BCUT2D eigenvalue weighted by Crippen LogP contribution is 2.40. The van der Waals surface area contributed by atoms with Crippen LogP contribution in [0.15, 0.2) is 21.8 Å². The van der Waals surface area contributed by atoms with E-state index in [1.165, 1.54) is 29.2 Å². The Morgan fingerprint density at radius 1 is 1.38 bits per heavy atom. The molecule has 184 valence electrons. The summed E-state index contributed by atoms with van der Waals surface area (Å²) in [6.45, 7) is 1.29. The molecule has 2 aliphatic rings. The van der Waals surface area contributed by atoms with Crippen LogP contribution in [-0.2, 0) is 33.4 Å². The Hall–Kier alpha value is -3.17. The molecule has 2 amide bonds. The molecule has 1 aromatic heterocycles. The number of hydrogen-bond acceptors (Lipinski definition) is 13. The number of thiazole rings is 1. The number of carbonyl (C=O) groups is 4. The van der Waals surface area contributed by atoms with Crippen LogP contribution in [0.25, 0.3) is 0 Å². The Morgan fingerprint density at radius 3 is 2.76 bits per heavy atom. The minimum Gasteiger partial charge on any atom is -0.428 e. The summed E-state index contributed by atoms with van der Waals surface area (Å²) >= 11 is 2.37. The van der Waals surface area contributed by atoms with Gasteiger partial charge in [0.15, 0.2) is 10.8 Å². The minimum absolute atomic E-state index is 0.0176. The largest absolute Gasteiger partial charge is 0.428 e. The van der Waals surface area contributed by atoms with Gasteiger partial charge in [0.2, 0.25) is 6.79 Å². The molecular weight excluding hydrogens is 490 g/mol. The number of carbonyl (C=O) groups excluding carboxylic acids is 4. The van der Waals surface area contributed by atoms with Crippen molar-refractivity contribution >= 4 is 57.7 Å². The molecular formula is C19H23N5O8S2. The van der Waals surface area contributed by atoms with Crippen LogP contribution in [0.1, 0.15) is 25.5 Å². The number of ether oxygens (including phenoxy) is 3. The first kappa shape index (κ1) is 25.5. The summed E-state index contributed by atoms with van der Waals surface area (Å²) < 4.78 is 15.0. The lowest BCUT2D eigenvalue weighted by atomic mass is 10.0. The van der Waals surface area contributed by atoms with Crippen molar-refractivity contribution in [3.8, 4) is 0 Å². The summed E-state index contributed by atoms with van der Waals surface area (Å²) in [6.07, 6.45) is 0.773. The third kappa shape index (κ3) is 5.31. The number of β-lactam (4-membered cyclic amide) rings is 1. The van der Waals surface area contributed by atoms with Crippen molar-refractivity contribution in [1.82, 2.24) is 15.2 Å². The highest BCUT2D eigenvalue weighted by atomic mass is 32.2. The van der Waals surface area contributed by atoms with Gasteiger partial charge in [0.1, 0.15) is 22.8 Å². The van der Waals surface area contributed by atoms with Gasteiger partial charge in [-0.15, -0.1) is 23.1 Å². The molecule has 3 rings (SSSR count). The molecule has 15 heteroatoms. The molecule has 0 saturated carbocycles. The number of rotatable bonds is 10. The number of esters is 2. The topological polar surface area (TPSA) is 183 Å². The first-order chi connectivity index (χ1) is 16.3. The van der Waals surface area contributed by atoms with E-state index in [2.05, 4.69) is 15.5 Å². The third-order valence-electron chi connectivity index (χ3n) is 4.79. The van der Waals surface area contributed by atoms with Crippen LogP contribution < -0.4 is 11.1 Å². The highest BCUT2D eigenvalue weighted by Gasteiger charge is 2.54. The van der Waals surface area contributed by atoms with Crippen LogP contribution in [-0.4, -0.2) is 82.2 Å². The fourth-order valence-corrected chi connectivity index (χ4v) is 5.14. The van der Waals surface area contributed by atoms with Gasteiger partial charge in [0.25, 0.3) is 11.8 Å². The van der Waals surface area contributed by atoms with E-state index in [1.54, 1.807) is 6.92 Å². The van der Waals surface area contributed by atoms with Crippen LogP contribution in [0, 0.1) is 0 Å². The fraction of sp³-hybridized carbons (Fsp3) is 0.474. The zero-order valence-electron chi connectivity index (χ0n) is 18.3. The number of aromatic nitrogens is 1. The number of nitrogens with two attached hydrogens (primary N) is 1. The summed E-state index contributed by atoms with van der Waals surface area (Å²) in [4.78, 5) is 54.9. The van der Waals surface area contributed by atoms with Crippen molar-refractivity contribution in [2.24, 2.45) is 5.16 Å². The summed E-state index contributed by atoms with van der Waals surface area (Å²) in [5.41, 5.74) is 5.72. The second-order valence-electron chi connectivity index (χ2n) is 7.08. The molecule has 1 saturated heterocycles. The maximum atomic E-state index is 12.9. The van der Waals surface area contributed by atoms with Gasteiger partial charge >= 0.3 is 11.9 Å². The van der Waals surface area contributed by atoms with Crippen LogP contribution >= 0.6 is 23.1 Å². The Balaban J connectivity index is 1.70. The van der Waals surface area contributed by atoms with Gasteiger partial charge in [-0.2, -0.15) is 0 Å². The van der Waals surface area contributed by atoms with Gasteiger partial charge in [-0.1, -0.05) is 12.1 Å². The number of thioether (sulfide) groups is 1. The summed E-state index contributed by atoms with van der Waals surface area (Å²) in [5.74, 6) is -2.42. The molecule has 4 N–H and O–H groups in total. The molecule has 13 nitrogen and oxygen atoms in total. The average Bonchev–Trinajstić information content (AvgIpc) is 3.23. The highest BCUT2D eigenvalue weighted by molar-refractivity contribution is 8.00. The fourth-order valence-electron chi connectivity index (χ4n) is 3.27. The molecule has 0 radical (unpaired) electrons. The molecule has 2 atom stereocenters. The Kier molecular flexibility index (Phi) is 8.46. The van der Waals surface area contributed by atoms with Crippen molar-refractivity contribution in [2.75, 3.05) is 32.0 Å². The van der Waals surface area contributed by atoms with Crippen LogP contribution in [0.2, 0.25) is 0 Å². The molecule has 1 unspecified atom stereocenters. The van der Waals surface area contributed by atoms with Crippen molar-refractivity contribution < 1.29 is 38.6 Å². The minimum atomic E-state index is -0.987. The number of amides is 2. The molecule has 1 aromatic rings. The predicted molar refractivity (Wildman–Crippen MR) is 121 cm³/mol. The van der Waals surface area contributed by atoms with E-state index in [1.807, 2.05) is 0 Å². The van der Waals surface area contributed by atoms with Crippen molar-refractivity contribution in [3.63, 3.8) is 0 Å². The lowest BCUT2D eigenvalue weighted by Crippen LogP contribution is -2.71. The zero-order chi connectivity index (χ0) is 24.8. The van der Waals surface area contributed by atoms with Gasteiger partial charge in [-0.05, 0) is 12.0 Å². The Morgan fingerprint density at radius 2 is 2.15 bits per heavy atom. The molecule has 0 bridgehead atoms. The second-order valence-corrected chi connectivity index (χ2v) is 9.08. The van der Waals surface area contributed by atoms with E-state index in [0.717, 1.165) is 11.3 Å². The zero-order valence-corrected chi connectivity index (χ0v) is 19.9. The van der Waals surface area contributed by atoms with E-state index in [0.29, 0.717) is 17.7 Å². The number of nitrogens with one attached hydrogen (secondary N) is 1. The summed E-state index contributed by atoms with van der Waals surface area (Å²) in [7, 11) is 1.45. The lowest BCUT2D eigenvalue weighted by Gasteiger charge is -2.49. The molecule has 2 aliphatic heterocycles. The first-order valence-electron chi connectivity index (χ1n) is 10.0. The van der Waals surface area contributed by atoms with E-state index in [-0.39, 0.29) is 29.6 Å². The van der Waals surface area contributed by atoms with Crippen molar-refractivity contribution in [2.45, 2.75) is 31.2 Å². The van der Waals surface area contributed by atoms with Gasteiger partial charge < -0.3 is 30.5 Å². The van der Waals surface area contributed by atoms with E-state index >= 15 is 0 Å². The number of nitrogen functional groups attached to an aromatic ring is 1. The number of anilines is 1. The molecule has 0 spiro atoms. The van der Waals surface area contributed by atoms with Gasteiger partial charge in [-0.25, -0.2) is 9.78 Å². The number of fused-ring (bicyclic) bond motifs is 1. The van der Waals surface area contributed by atoms with Gasteiger partial charge in [-0.3, -0.25) is 19.3 Å². The first-order valence-corrected chi connectivity index (χ1v) is 12.0. The monoisotopic (exact) mass is 513 g/mol. The Labute approximate surface area is 202 Å². The number of hydrogen-bond donors (Lipinski definition) is 3. The number of oxime groups is 1. The predicted octanol–water partition coefficient (Wildman–Crippen LogP) is 0.0480. The average molecular weight is 514 g/mol. The number of methoxy groups -OCH3 is 1. The Bertz CT molecular complexity index is 1040. The molecule has 0 aliphatic carbocycles. The van der Waals surface area contributed by atoms with Gasteiger partial charge in [0.05, 0.1) is 6.61 Å². The normalized spacial score (nSPS) is 19.9. The van der Waals surface area contributed by atoms with Crippen LogP contribution in [0.3, 0.4) is 0 Å². The quantitative estimate of drug-likeness (QED) is 0.0959. The third-order valence-corrected chi connectivity index (χ3v) is 6.80. The van der Waals surface area contributed by atoms with Crippen LogP contribution in [0.4, 0.5) is 5.13 Å². The van der Waals surface area contributed by atoms with Crippen molar-refractivity contribution in [3.05, 3.63) is 22.3 Å². The standard InChI is InChI=1S/C19H23N5O8S2/c1-3-4-11(25)31-8-32-18(28)14-9(5-30-2)6-33-17-13(16(27)24(14)17)22-15(26)12(23-29)10-7-34-19(20)21-10/h7,13,17,29H,3-6,8H2,1-2H3,(H2,20,21)(H,22,26)/b23-12-/t13?,17-/m1/s1.